The maximum Gasteiger partial charge on any atom is 0.403 e. The quantitative estimate of drug-likeness (QED) is 0.456. The van der Waals surface area contributed by atoms with E-state index in [9.17, 15) is 26.3 Å². The smallest absolute Gasteiger partial charge is 0.366 e. The van der Waals surface area contributed by atoms with Crippen LogP contribution in [0.3, 0.4) is 0 Å². The molecule has 1 heterocycles. The average Bonchev–Trinajstić information content (AvgIpc) is 2.70. The van der Waals surface area contributed by atoms with Crippen LogP contribution in [0.5, 0.6) is 0 Å². The van der Waals surface area contributed by atoms with E-state index in [0.717, 1.165) is 0 Å². The number of halogens is 7. The molecule has 2 saturated carbocycles. The van der Waals surface area contributed by atoms with E-state index in [2.05, 4.69) is 15.3 Å². The molecule has 2 aliphatic carbocycles. The van der Waals surface area contributed by atoms with Gasteiger partial charge in [0.2, 0.25) is 0 Å². The second kappa shape index (κ2) is 9.32. The third-order valence-corrected chi connectivity index (χ3v) is 7.49. The first kappa shape index (κ1) is 24.4. The molecule has 3 rings (SSSR count). The summed E-state index contributed by atoms with van der Waals surface area (Å²) in [6.07, 6.45) is -7.12. The van der Waals surface area contributed by atoms with E-state index in [1.165, 1.54) is 6.33 Å². The normalized spacial score (nSPS) is 24.3. The fraction of sp³-hybridized carbons (Fsp3) is 0.810. The van der Waals surface area contributed by atoms with E-state index < -0.39 is 29.6 Å². The SMILES string of the molecule is CCc1ncnc(NC2CCC(C(C3CCCCC3)(C(F)(F)F)C(F)(F)F)CC2)c1Cl. The van der Waals surface area contributed by atoms with Crippen molar-refractivity contribution in [2.45, 2.75) is 89.5 Å². The Kier molecular flexibility index (Phi) is 7.33. The standard InChI is InChI=1S/C21H28ClF6N3/c1-2-16-17(22)18(30-12-29-16)31-15-10-8-14(9-11-15)19(20(23,24)25,21(26,27)28)13-6-4-3-5-7-13/h12-15H,2-11H2,1H3,(H,29,30,31). The summed E-state index contributed by atoms with van der Waals surface area (Å²) in [6, 6.07) is -0.279. The predicted octanol–water partition coefficient (Wildman–Crippen LogP) is 7.35. The third kappa shape index (κ3) is 4.62. The van der Waals surface area contributed by atoms with E-state index >= 15 is 0 Å². The summed E-state index contributed by atoms with van der Waals surface area (Å²) in [5.41, 5.74) is -2.99. The number of anilines is 1. The molecule has 1 aromatic rings. The molecule has 0 unspecified atom stereocenters. The molecule has 0 aliphatic heterocycles. The minimum absolute atomic E-state index is 0.0203. The van der Waals surface area contributed by atoms with Crippen molar-refractivity contribution in [3.05, 3.63) is 17.0 Å². The molecule has 0 radical (unpaired) electrons. The van der Waals surface area contributed by atoms with Crippen molar-refractivity contribution in [2.75, 3.05) is 5.32 Å². The molecule has 2 aliphatic rings. The van der Waals surface area contributed by atoms with E-state index in [1.807, 2.05) is 6.92 Å². The molecule has 0 bridgehead atoms. The number of hydrogen-bond acceptors (Lipinski definition) is 3. The zero-order valence-electron chi connectivity index (χ0n) is 17.4. The third-order valence-electron chi connectivity index (χ3n) is 7.10. The summed E-state index contributed by atoms with van der Waals surface area (Å²) in [5.74, 6) is -2.50. The van der Waals surface area contributed by atoms with Gasteiger partial charge in [-0.2, -0.15) is 26.3 Å². The fourth-order valence-electron chi connectivity index (χ4n) is 5.62. The molecule has 2 fully saturated rings. The molecule has 3 nitrogen and oxygen atoms in total. The van der Waals surface area contributed by atoms with Gasteiger partial charge >= 0.3 is 12.4 Å². The second-order valence-electron chi connectivity index (χ2n) is 8.73. The van der Waals surface area contributed by atoms with Crippen LogP contribution in [-0.4, -0.2) is 28.4 Å². The van der Waals surface area contributed by atoms with Crippen molar-refractivity contribution in [1.29, 1.82) is 0 Å². The molecule has 1 aromatic heterocycles. The topological polar surface area (TPSA) is 37.8 Å². The summed E-state index contributed by atoms with van der Waals surface area (Å²) in [5, 5.41) is 3.45. The Balaban J connectivity index is 1.81. The van der Waals surface area contributed by atoms with Crippen LogP contribution in [0.15, 0.2) is 6.33 Å². The first-order chi connectivity index (χ1) is 14.5. The van der Waals surface area contributed by atoms with E-state index in [4.69, 9.17) is 11.6 Å². The van der Waals surface area contributed by atoms with Crippen LogP contribution in [0.1, 0.15) is 70.4 Å². The van der Waals surface area contributed by atoms with E-state index in [-0.39, 0.29) is 44.6 Å². The monoisotopic (exact) mass is 471 g/mol. The summed E-state index contributed by atoms with van der Waals surface area (Å²) in [4.78, 5) is 8.15. The van der Waals surface area contributed by atoms with Gasteiger partial charge in [0.15, 0.2) is 5.41 Å². The Bertz CT molecular complexity index is 724. The number of hydrogen-bond donors (Lipinski definition) is 1. The molecule has 0 atom stereocenters. The second-order valence-corrected chi connectivity index (χ2v) is 9.11. The van der Waals surface area contributed by atoms with Gasteiger partial charge in [-0.1, -0.05) is 37.8 Å². The fourth-order valence-corrected chi connectivity index (χ4v) is 5.90. The van der Waals surface area contributed by atoms with Crippen LogP contribution in [0.2, 0.25) is 5.02 Å². The zero-order valence-corrected chi connectivity index (χ0v) is 18.2. The van der Waals surface area contributed by atoms with E-state index in [1.54, 1.807) is 0 Å². The van der Waals surface area contributed by atoms with Crippen molar-refractivity contribution in [1.82, 2.24) is 9.97 Å². The maximum absolute atomic E-state index is 14.3. The Morgan fingerprint density at radius 3 is 1.94 bits per heavy atom. The highest BCUT2D eigenvalue weighted by Gasteiger charge is 2.76. The molecule has 0 aromatic carbocycles. The van der Waals surface area contributed by atoms with Crippen LogP contribution < -0.4 is 5.32 Å². The molecule has 1 N–H and O–H groups in total. The lowest BCUT2D eigenvalue weighted by molar-refractivity contribution is -0.381. The number of nitrogens with one attached hydrogen (secondary N) is 1. The highest BCUT2D eigenvalue weighted by atomic mass is 35.5. The summed E-state index contributed by atoms with van der Waals surface area (Å²) in [7, 11) is 0. The van der Waals surface area contributed by atoms with Crippen LogP contribution in [0.4, 0.5) is 32.2 Å². The predicted molar refractivity (Wildman–Crippen MR) is 107 cm³/mol. The highest BCUT2D eigenvalue weighted by molar-refractivity contribution is 6.33. The zero-order chi connectivity index (χ0) is 22.9. The summed E-state index contributed by atoms with van der Waals surface area (Å²) in [6.45, 7) is 1.88. The van der Waals surface area contributed by atoms with Crippen molar-refractivity contribution < 1.29 is 26.3 Å². The van der Waals surface area contributed by atoms with Gasteiger partial charge in [-0.15, -0.1) is 0 Å². The average molecular weight is 472 g/mol. The van der Waals surface area contributed by atoms with Crippen LogP contribution in [-0.2, 0) is 6.42 Å². The van der Waals surface area contributed by atoms with Crippen molar-refractivity contribution in [3.63, 3.8) is 0 Å². The lowest BCUT2D eigenvalue weighted by Gasteiger charge is -2.51. The van der Waals surface area contributed by atoms with Crippen molar-refractivity contribution >= 4 is 17.4 Å². The minimum atomic E-state index is -5.33. The Morgan fingerprint density at radius 2 is 1.42 bits per heavy atom. The molecule has 10 heteroatoms. The van der Waals surface area contributed by atoms with Gasteiger partial charge in [0, 0.05) is 6.04 Å². The lowest BCUT2D eigenvalue weighted by atomic mass is 9.57. The Hall–Kier alpha value is -1.25. The number of nitrogens with zero attached hydrogens (tertiary/aromatic N) is 2. The largest absolute Gasteiger partial charge is 0.403 e. The summed E-state index contributed by atoms with van der Waals surface area (Å²) >= 11 is 6.27. The van der Waals surface area contributed by atoms with Crippen LogP contribution >= 0.6 is 11.6 Å². The number of alkyl halides is 6. The van der Waals surface area contributed by atoms with Crippen LogP contribution in [0.25, 0.3) is 0 Å². The Morgan fingerprint density at radius 1 is 0.871 bits per heavy atom. The number of aromatic nitrogens is 2. The number of aryl methyl sites for hydroxylation is 1. The molecular weight excluding hydrogens is 444 g/mol. The molecule has 0 spiro atoms. The summed E-state index contributed by atoms with van der Waals surface area (Å²) < 4.78 is 85.5. The van der Waals surface area contributed by atoms with Gasteiger partial charge in [-0.25, -0.2) is 9.97 Å². The Labute approximate surface area is 183 Å². The molecule has 31 heavy (non-hydrogen) atoms. The van der Waals surface area contributed by atoms with Gasteiger partial charge in [-0.05, 0) is 56.8 Å². The van der Waals surface area contributed by atoms with Gasteiger partial charge in [0.1, 0.15) is 17.2 Å². The van der Waals surface area contributed by atoms with Gasteiger partial charge in [0.25, 0.3) is 0 Å². The minimum Gasteiger partial charge on any atom is -0.366 e. The first-order valence-electron chi connectivity index (χ1n) is 10.9. The van der Waals surface area contributed by atoms with Crippen molar-refractivity contribution in [3.8, 4) is 0 Å². The van der Waals surface area contributed by atoms with Crippen molar-refractivity contribution in [2.24, 2.45) is 17.3 Å². The van der Waals surface area contributed by atoms with Gasteiger partial charge < -0.3 is 5.32 Å². The number of rotatable bonds is 5. The highest BCUT2D eigenvalue weighted by Crippen LogP contribution is 2.64. The van der Waals surface area contributed by atoms with Crippen LogP contribution in [0, 0.1) is 17.3 Å². The first-order valence-corrected chi connectivity index (χ1v) is 11.3. The molecule has 176 valence electrons. The lowest BCUT2D eigenvalue weighted by Crippen LogP contribution is -2.60. The molecular formula is C21H28ClF6N3. The van der Waals surface area contributed by atoms with Gasteiger partial charge in [-0.3, -0.25) is 0 Å². The van der Waals surface area contributed by atoms with E-state index in [0.29, 0.717) is 42.2 Å². The van der Waals surface area contributed by atoms with Gasteiger partial charge in [0.05, 0.1) is 5.69 Å². The maximum atomic E-state index is 14.3. The molecule has 0 amide bonds. The molecule has 0 saturated heterocycles.